The van der Waals surface area contributed by atoms with Gasteiger partial charge in [0, 0.05) is 38.6 Å². The molecule has 6 nitrogen and oxygen atoms in total. The largest absolute Gasteiger partial charge is 0.385 e. The number of methoxy groups -OCH3 is 1. The van der Waals surface area contributed by atoms with Gasteiger partial charge in [0.25, 0.3) is 0 Å². The Morgan fingerprint density at radius 1 is 1.50 bits per heavy atom. The Morgan fingerprint density at radius 3 is 2.80 bits per heavy atom. The highest BCUT2D eigenvalue weighted by atomic mass is 16.5. The first-order chi connectivity index (χ1) is 9.32. The molecule has 1 atom stereocenters. The number of carbonyl (C=O) groups excluding carboxylic acids is 1. The molecule has 1 rings (SSSR count). The maximum Gasteiger partial charge on any atom is 0.320 e. The first kappa shape index (κ1) is 16.5. The summed E-state index contributed by atoms with van der Waals surface area (Å²) in [7, 11) is 1.68. The average molecular weight is 282 g/mol. The van der Waals surface area contributed by atoms with Crippen LogP contribution in [0.5, 0.6) is 0 Å². The highest BCUT2D eigenvalue weighted by molar-refractivity contribution is 5.88. The molecule has 0 bridgehead atoms. The van der Waals surface area contributed by atoms with Gasteiger partial charge in [-0.2, -0.15) is 5.10 Å². The summed E-state index contributed by atoms with van der Waals surface area (Å²) in [4.78, 5) is 11.8. The van der Waals surface area contributed by atoms with E-state index in [1.54, 1.807) is 17.9 Å². The van der Waals surface area contributed by atoms with Crippen LogP contribution in [0.4, 0.5) is 10.6 Å². The van der Waals surface area contributed by atoms with Crippen LogP contribution in [0.2, 0.25) is 0 Å². The number of nitrogens with zero attached hydrogens (tertiary/aromatic N) is 2. The molecule has 0 fully saturated rings. The quantitative estimate of drug-likeness (QED) is 0.788. The molecule has 0 aliphatic carbocycles. The number of rotatable bonds is 6. The lowest BCUT2D eigenvalue weighted by molar-refractivity contribution is 0.189. The van der Waals surface area contributed by atoms with E-state index in [2.05, 4.69) is 36.5 Å². The van der Waals surface area contributed by atoms with Crippen LogP contribution in [0.1, 0.15) is 34.1 Å². The second-order valence-electron chi connectivity index (χ2n) is 6.00. The number of urea groups is 1. The van der Waals surface area contributed by atoms with Gasteiger partial charge in [0.1, 0.15) is 0 Å². The van der Waals surface area contributed by atoms with Crippen molar-refractivity contribution < 1.29 is 9.53 Å². The molecule has 1 unspecified atom stereocenters. The molecule has 1 aromatic heterocycles. The third-order valence-corrected chi connectivity index (χ3v) is 3.26. The van der Waals surface area contributed by atoms with Gasteiger partial charge in [-0.1, -0.05) is 20.8 Å². The van der Waals surface area contributed by atoms with Crippen LogP contribution in [0, 0.1) is 5.41 Å². The lowest BCUT2D eigenvalue weighted by Crippen LogP contribution is -2.43. The Balaban J connectivity index is 2.42. The lowest BCUT2D eigenvalue weighted by atomic mass is 9.88. The fraction of sp³-hybridized carbons (Fsp3) is 0.714. The average Bonchev–Trinajstić information content (AvgIpc) is 2.75. The number of anilines is 1. The number of aromatic nitrogens is 2. The van der Waals surface area contributed by atoms with Gasteiger partial charge in [-0.25, -0.2) is 4.79 Å². The third kappa shape index (κ3) is 5.61. The smallest absolute Gasteiger partial charge is 0.320 e. The molecular formula is C14H26N4O2. The summed E-state index contributed by atoms with van der Waals surface area (Å²) in [5.74, 6) is 0.557. The van der Waals surface area contributed by atoms with E-state index in [4.69, 9.17) is 4.74 Å². The van der Waals surface area contributed by atoms with Crippen molar-refractivity contribution in [3.05, 3.63) is 12.3 Å². The number of ether oxygens (including phenoxy) is 1. The molecule has 0 saturated carbocycles. The Morgan fingerprint density at radius 2 is 2.20 bits per heavy atom. The van der Waals surface area contributed by atoms with Crippen LogP contribution in [0.3, 0.4) is 0 Å². The lowest BCUT2D eigenvalue weighted by Gasteiger charge is -2.27. The fourth-order valence-corrected chi connectivity index (χ4v) is 1.49. The molecule has 1 aromatic rings. The van der Waals surface area contributed by atoms with Crippen molar-refractivity contribution in [1.29, 1.82) is 0 Å². The van der Waals surface area contributed by atoms with E-state index in [0.29, 0.717) is 12.4 Å². The second kappa shape index (κ2) is 7.28. The SMILES string of the molecule is COCCCn1ccc(NC(=O)NC(C)C(C)(C)C)n1. The van der Waals surface area contributed by atoms with Crippen molar-refractivity contribution in [2.45, 2.75) is 46.7 Å². The molecule has 0 aromatic carbocycles. The number of aryl methyl sites for hydroxylation is 1. The van der Waals surface area contributed by atoms with E-state index in [1.165, 1.54) is 0 Å². The number of hydrogen-bond donors (Lipinski definition) is 2. The van der Waals surface area contributed by atoms with Crippen LogP contribution < -0.4 is 10.6 Å². The maximum atomic E-state index is 11.8. The Kier molecular flexibility index (Phi) is 6.01. The van der Waals surface area contributed by atoms with Crippen molar-refractivity contribution in [2.75, 3.05) is 19.0 Å². The standard InChI is InChI=1S/C14H26N4O2/c1-11(14(2,3)4)15-13(19)16-12-7-9-18(17-12)8-6-10-20-5/h7,9,11H,6,8,10H2,1-5H3,(H2,15,16,17,19). The van der Waals surface area contributed by atoms with Gasteiger partial charge >= 0.3 is 6.03 Å². The Bertz CT molecular complexity index is 423. The molecule has 6 heteroatoms. The fourth-order valence-electron chi connectivity index (χ4n) is 1.49. The molecule has 0 spiro atoms. The molecule has 0 saturated heterocycles. The third-order valence-electron chi connectivity index (χ3n) is 3.26. The van der Waals surface area contributed by atoms with Crippen molar-refractivity contribution in [3.63, 3.8) is 0 Å². The zero-order chi connectivity index (χ0) is 15.2. The van der Waals surface area contributed by atoms with E-state index >= 15 is 0 Å². The van der Waals surface area contributed by atoms with Crippen LogP contribution in [0.25, 0.3) is 0 Å². The summed E-state index contributed by atoms with van der Waals surface area (Å²) < 4.78 is 6.78. The molecule has 2 N–H and O–H groups in total. The number of nitrogens with one attached hydrogen (secondary N) is 2. The molecule has 2 amide bonds. The van der Waals surface area contributed by atoms with Gasteiger partial charge in [0.05, 0.1) is 0 Å². The van der Waals surface area contributed by atoms with Gasteiger partial charge in [-0.15, -0.1) is 0 Å². The zero-order valence-electron chi connectivity index (χ0n) is 13.1. The first-order valence-electron chi connectivity index (χ1n) is 6.93. The summed E-state index contributed by atoms with van der Waals surface area (Å²) in [6.45, 7) is 9.72. The molecule has 114 valence electrons. The summed E-state index contributed by atoms with van der Waals surface area (Å²) in [5, 5.41) is 9.93. The summed E-state index contributed by atoms with van der Waals surface area (Å²) >= 11 is 0. The summed E-state index contributed by atoms with van der Waals surface area (Å²) in [6.07, 6.45) is 2.74. The van der Waals surface area contributed by atoms with E-state index in [0.717, 1.165) is 13.0 Å². The van der Waals surface area contributed by atoms with Crippen LogP contribution >= 0.6 is 0 Å². The molecule has 0 aliphatic heterocycles. The van der Waals surface area contributed by atoms with Crippen LogP contribution in [0.15, 0.2) is 12.3 Å². The van der Waals surface area contributed by atoms with Gasteiger partial charge in [0.2, 0.25) is 0 Å². The minimum atomic E-state index is -0.227. The first-order valence-corrected chi connectivity index (χ1v) is 6.93. The molecule has 20 heavy (non-hydrogen) atoms. The molecule has 1 heterocycles. The van der Waals surface area contributed by atoms with E-state index < -0.39 is 0 Å². The van der Waals surface area contributed by atoms with Crippen molar-refractivity contribution in [3.8, 4) is 0 Å². The van der Waals surface area contributed by atoms with Gasteiger partial charge < -0.3 is 10.1 Å². The second-order valence-corrected chi connectivity index (χ2v) is 6.00. The van der Waals surface area contributed by atoms with Gasteiger partial charge in [-0.05, 0) is 18.8 Å². The minimum absolute atomic E-state index is 0.0247. The Labute approximate surface area is 120 Å². The molecule has 0 aliphatic rings. The number of amides is 2. The monoisotopic (exact) mass is 282 g/mol. The number of hydrogen-bond acceptors (Lipinski definition) is 3. The molecule has 0 radical (unpaired) electrons. The van der Waals surface area contributed by atoms with E-state index in [-0.39, 0.29) is 17.5 Å². The van der Waals surface area contributed by atoms with Crippen molar-refractivity contribution in [1.82, 2.24) is 15.1 Å². The van der Waals surface area contributed by atoms with Crippen molar-refractivity contribution >= 4 is 11.8 Å². The van der Waals surface area contributed by atoms with Crippen LogP contribution in [-0.4, -0.2) is 35.6 Å². The zero-order valence-corrected chi connectivity index (χ0v) is 13.1. The summed E-state index contributed by atoms with van der Waals surface area (Å²) in [6, 6.07) is 1.63. The number of carbonyl (C=O) groups is 1. The predicted octanol–water partition coefficient (Wildman–Crippen LogP) is 2.48. The normalized spacial score (nSPS) is 13.1. The maximum absolute atomic E-state index is 11.8. The highest BCUT2D eigenvalue weighted by Crippen LogP contribution is 2.18. The van der Waals surface area contributed by atoms with Gasteiger partial charge in [-0.3, -0.25) is 10.00 Å². The highest BCUT2D eigenvalue weighted by Gasteiger charge is 2.21. The van der Waals surface area contributed by atoms with Crippen LogP contribution in [-0.2, 0) is 11.3 Å². The van der Waals surface area contributed by atoms with E-state index in [9.17, 15) is 4.79 Å². The van der Waals surface area contributed by atoms with E-state index in [1.807, 2.05) is 13.1 Å². The minimum Gasteiger partial charge on any atom is -0.385 e. The van der Waals surface area contributed by atoms with Gasteiger partial charge in [0.15, 0.2) is 5.82 Å². The van der Waals surface area contributed by atoms with Crippen molar-refractivity contribution in [2.24, 2.45) is 5.41 Å². The Hall–Kier alpha value is -1.56. The topological polar surface area (TPSA) is 68.2 Å². The predicted molar refractivity (Wildman–Crippen MR) is 79.8 cm³/mol. The molecular weight excluding hydrogens is 256 g/mol. The summed E-state index contributed by atoms with van der Waals surface area (Å²) in [5.41, 5.74) is 0.0247.